The monoisotopic (exact) mass is 200 g/mol. The zero-order valence-electron chi connectivity index (χ0n) is 7.13. The van der Waals surface area contributed by atoms with Gasteiger partial charge in [-0.3, -0.25) is 0 Å². The third-order valence-electron chi connectivity index (χ3n) is 1.61. The first-order valence-electron chi connectivity index (χ1n) is 3.46. The third-order valence-corrected chi connectivity index (χ3v) is 3.27. The maximum atomic E-state index is 5.88. The fourth-order valence-corrected chi connectivity index (χ4v) is 2.23. The number of hydrogen-bond acceptors (Lipinski definition) is 4. The highest BCUT2D eigenvalue weighted by molar-refractivity contribution is 7.99. The second-order valence-electron chi connectivity index (χ2n) is 2.30. The van der Waals surface area contributed by atoms with Crippen molar-refractivity contribution >= 4 is 34.9 Å². The van der Waals surface area contributed by atoms with Crippen LogP contribution in [0.15, 0.2) is 21.9 Å². The first kappa shape index (κ1) is 9.61. The smallest absolute Gasteiger partial charge is 0.0611 e. The molecule has 0 aromatic heterocycles. The second-order valence-corrected chi connectivity index (χ2v) is 3.97. The summed E-state index contributed by atoms with van der Waals surface area (Å²) in [6, 6.07) is 3.85. The summed E-state index contributed by atoms with van der Waals surface area (Å²) in [5, 5.41) is 0. The van der Waals surface area contributed by atoms with Crippen molar-refractivity contribution in [1.82, 2.24) is 0 Å². The van der Waals surface area contributed by atoms with Gasteiger partial charge < -0.3 is 11.5 Å². The van der Waals surface area contributed by atoms with Crippen LogP contribution in [-0.4, -0.2) is 12.5 Å². The number of rotatable bonds is 2. The van der Waals surface area contributed by atoms with Gasteiger partial charge in [-0.25, -0.2) is 0 Å². The number of benzene rings is 1. The van der Waals surface area contributed by atoms with E-state index in [-0.39, 0.29) is 0 Å². The normalized spacial score (nSPS) is 10.2. The molecule has 0 saturated carbocycles. The van der Waals surface area contributed by atoms with Crippen LogP contribution in [0.5, 0.6) is 0 Å². The maximum absolute atomic E-state index is 5.88. The van der Waals surface area contributed by atoms with Gasteiger partial charge in [-0.15, -0.1) is 23.5 Å². The number of anilines is 2. The molecule has 0 radical (unpaired) electrons. The van der Waals surface area contributed by atoms with Gasteiger partial charge in [0.2, 0.25) is 0 Å². The van der Waals surface area contributed by atoms with Crippen molar-refractivity contribution in [3.63, 3.8) is 0 Å². The summed E-state index contributed by atoms with van der Waals surface area (Å²) in [5.41, 5.74) is 13.2. The Labute approximate surface area is 81.1 Å². The molecule has 1 aromatic carbocycles. The molecule has 0 saturated heterocycles. The lowest BCUT2D eigenvalue weighted by Crippen LogP contribution is -1.96. The molecule has 1 rings (SSSR count). The molecule has 4 heteroatoms. The highest BCUT2D eigenvalue weighted by Gasteiger charge is 2.06. The standard InChI is InChI=1S/C8H12N2S2/c1-11-6-4-3-5(9)8(12-2)7(6)10/h3-4H,9-10H2,1-2H3. The molecular weight excluding hydrogens is 188 g/mol. The van der Waals surface area contributed by atoms with Crippen molar-refractivity contribution < 1.29 is 0 Å². The van der Waals surface area contributed by atoms with Gasteiger partial charge in [0.05, 0.1) is 10.6 Å². The Morgan fingerprint density at radius 2 is 1.75 bits per heavy atom. The van der Waals surface area contributed by atoms with Crippen molar-refractivity contribution in [2.45, 2.75) is 9.79 Å². The molecule has 0 atom stereocenters. The largest absolute Gasteiger partial charge is 0.398 e. The molecule has 0 heterocycles. The Kier molecular flexibility index (Phi) is 3.17. The molecule has 0 unspecified atom stereocenters. The molecule has 0 spiro atoms. The summed E-state index contributed by atoms with van der Waals surface area (Å²) in [7, 11) is 0. The van der Waals surface area contributed by atoms with Crippen molar-refractivity contribution in [2.75, 3.05) is 24.0 Å². The molecule has 12 heavy (non-hydrogen) atoms. The number of thioether (sulfide) groups is 2. The SMILES string of the molecule is CSc1ccc(N)c(SC)c1N. The van der Waals surface area contributed by atoms with Crippen LogP contribution in [-0.2, 0) is 0 Å². The summed E-state index contributed by atoms with van der Waals surface area (Å²) in [6.45, 7) is 0. The predicted molar refractivity (Wildman–Crippen MR) is 58.8 cm³/mol. The summed E-state index contributed by atoms with van der Waals surface area (Å²) in [4.78, 5) is 2.08. The Morgan fingerprint density at radius 3 is 2.25 bits per heavy atom. The molecule has 0 aliphatic rings. The highest BCUT2D eigenvalue weighted by Crippen LogP contribution is 2.35. The third kappa shape index (κ3) is 1.64. The van der Waals surface area contributed by atoms with E-state index in [4.69, 9.17) is 11.5 Å². The van der Waals surface area contributed by atoms with E-state index in [1.165, 1.54) is 0 Å². The average Bonchev–Trinajstić information content (AvgIpc) is 2.06. The average molecular weight is 200 g/mol. The van der Waals surface area contributed by atoms with Gasteiger partial charge in [0.1, 0.15) is 0 Å². The summed E-state index contributed by atoms with van der Waals surface area (Å²) in [5.74, 6) is 0. The molecule has 0 bridgehead atoms. The van der Waals surface area contributed by atoms with Crippen LogP contribution >= 0.6 is 23.5 Å². The lowest BCUT2D eigenvalue weighted by atomic mass is 10.3. The Bertz CT molecular complexity index is 287. The van der Waals surface area contributed by atoms with Gasteiger partial charge in [0.25, 0.3) is 0 Å². The molecule has 4 N–H and O–H groups in total. The molecule has 0 aliphatic carbocycles. The van der Waals surface area contributed by atoms with Gasteiger partial charge in [-0.1, -0.05) is 0 Å². The van der Waals surface area contributed by atoms with Crippen LogP contribution in [0.4, 0.5) is 11.4 Å². The lowest BCUT2D eigenvalue weighted by molar-refractivity contribution is 1.35. The van der Waals surface area contributed by atoms with Crippen molar-refractivity contribution in [1.29, 1.82) is 0 Å². The first-order chi connectivity index (χ1) is 5.70. The zero-order chi connectivity index (χ0) is 9.14. The van der Waals surface area contributed by atoms with E-state index >= 15 is 0 Å². The molecule has 0 amide bonds. The Balaban J connectivity index is 3.24. The Morgan fingerprint density at radius 1 is 1.08 bits per heavy atom. The topological polar surface area (TPSA) is 52.0 Å². The van der Waals surface area contributed by atoms with Crippen LogP contribution < -0.4 is 11.5 Å². The summed E-state index contributed by atoms with van der Waals surface area (Å²) >= 11 is 3.23. The van der Waals surface area contributed by atoms with E-state index in [1.54, 1.807) is 23.5 Å². The minimum atomic E-state index is 0.762. The van der Waals surface area contributed by atoms with E-state index in [2.05, 4.69) is 0 Å². The van der Waals surface area contributed by atoms with E-state index in [1.807, 2.05) is 24.6 Å². The van der Waals surface area contributed by atoms with Crippen LogP contribution in [0.2, 0.25) is 0 Å². The van der Waals surface area contributed by atoms with E-state index in [0.29, 0.717) is 0 Å². The summed E-state index contributed by atoms with van der Waals surface area (Å²) in [6.07, 6.45) is 3.98. The minimum Gasteiger partial charge on any atom is -0.398 e. The van der Waals surface area contributed by atoms with Gasteiger partial charge >= 0.3 is 0 Å². The van der Waals surface area contributed by atoms with Crippen LogP contribution in [0.1, 0.15) is 0 Å². The van der Waals surface area contributed by atoms with E-state index in [0.717, 1.165) is 21.2 Å². The van der Waals surface area contributed by atoms with E-state index < -0.39 is 0 Å². The van der Waals surface area contributed by atoms with Gasteiger partial charge in [-0.2, -0.15) is 0 Å². The van der Waals surface area contributed by atoms with Gasteiger partial charge in [-0.05, 0) is 24.6 Å². The minimum absolute atomic E-state index is 0.762. The predicted octanol–water partition coefficient (Wildman–Crippen LogP) is 2.29. The van der Waals surface area contributed by atoms with Crippen molar-refractivity contribution in [2.24, 2.45) is 0 Å². The van der Waals surface area contributed by atoms with E-state index in [9.17, 15) is 0 Å². The molecule has 0 fully saturated rings. The van der Waals surface area contributed by atoms with Crippen LogP contribution in [0, 0.1) is 0 Å². The lowest BCUT2D eigenvalue weighted by Gasteiger charge is -2.09. The molecule has 2 nitrogen and oxygen atoms in total. The van der Waals surface area contributed by atoms with Crippen LogP contribution in [0.3, 0.4) is 0 Å². The number of nitrogen functional groups attached to an aromatic ring is 2. The Hall–Kier alpha value is -0.480. The van der Waals surface area contributed by atoms with Crippen LogP contribution in [0.25, 0.3) is 0 Å². The quantitative estimate of drug-likeness (QED) is 0.568. The van der Waals surface area contributed by atoms with Crippen molar-refractivity contribution in [3.05, 3.63) is 12.1 Å². The molecule has 1 aromatic rings. The fraction of sp³-hybridized carbons (Fsp3) is 0.250. The highest BCUT2D eigenvalue weighted by atomic mass is 32.2. The van der Waals surface area contributed by atoms with Crippen molar-refractivity contribution in [3.8, 4) is 0 Å². The number of hydrogen-bond donors (Lipinski definition) is 2. The maximum Gasteiger partial charge on any atom is 0.0611 e. The second kappa shape index (κ2) is 3.96. The number of nitrogens with two attached hydrogens (primary N) is 2. The molecular formula is C8H12N2S2. The molecule has 66 valence electrons. The van der Waals surface area contributed by atoms with Gasteiger partial charge in [0.15, 0.2) is 0 Å². The zero-order valence-corrected chi connectivity index (χ0v) is 8.76. The first-order valence-corrected chi connectivity index (χ1v) is 5.91. The summed E-state index contributed by atoms with van der Waals surface area (Å²) < 4.78 is 0. The fourth-order valence-electron chi connectivity index (χ4n) is 1.00. The molecule has 0 aliphatic heterocycles. The van der Waals surface area contributed by atoms with Gasteiger partial charge in [0, 0.05) is 10.6 Å².